The van der Waals surface area contributed by atoms with E-state index in [1.807, 2.05) is 60.7 Å². The second-order valence-corrected chi connectivity index (χ2v) is 18.4. The summed E-state index contributed by atoms with van der Waals surface area (Å²) in [7, 11) is 0. The second-order valence-electron chi connectivity index (χ2n) is 17.3. The number of aromatic nitrogens is 1. The molecular formula is C57H54N4O2S. The first-order valence-electron chi connectivity index (χ1n) is 23.3. The predicted molar refractivity (Wildman–Crippen MR) is 266 cm³/mol. The maximum atomic E-state index is 14.8. The Hall–Kier alpha value is -6.59. The number of unbranched alkanes of at least 4 members (excludes halogenated alkanes) is 15. The van der Waals surface area contributed by atoms with Gasteiger partial charge in [0.1, 0.15) is 0 Å². The Morgan fingerprint density at radius 2 is 0.859 bits per heavy atom. The van der Waals surface area contributed by atoms with E-state index >= 15 is 0 Å². The average Bonchev–Trinajstić information content (AvgIpc) is 3.34. The van der Waals surface area contributed by atoms with E-state index in [0.717, 1.165) is 78.2 Å². The van der Waals surface area contributed by atoms with E-state index in [1.54, 1.807) is 35.6 Å². The minimum absolute atomic E-state index is 0.279. The molecule has 2 heterocycles. The first-order valence-corrected chi connectivity index (χ1v) is 24.1. The summed E-state index contributed by atoms with van der Waals surface area (Å²) in [6.45, 7) is 2.62. The van der Waals surface area contributed by atoms with E-state index in [0.29, 0.717) is 39.4 Å². The zero-order valence-corrected chi connectivity index (χ0v) is 37.7. The van der Waals surface area contributed by atoms with Gasteiger partial charge >= 0.3 is 0 Å². The van der Waals surface area contributed by atoms with Crippen molar-refractivity contribution in [1.29, 1.82) is 15.8 Å². The minimum Gasteiger partial charge on any atom is -0.274 e. The SMILES string of the molecule is CCCCCCCCCCCCCCCCCCn1c(=O)c2cc(-c3ccc(C#N)cc3)c3sc4ccc(-c5ccc(C#N)cc5)cc4c4c(-c5ccc(C#N)cc5)cc(c1=O)c2c34. The highest BCUT2D eigenvalue weighted by molar-refractivity contribution is 7.25. The van der Waals surface area contributed by atoms with Crippen LogP contribution in [0.5, 0.6) is 0 Å². The molecule has 0 saturated heterocycles. The zero-order valence-electron chi connectivity index (χ0n) is 36.8. The molecule has 0 unspecified atom stereocenters. The first-order chi connectivity index (χ1) is 31.4. The number of benzene rings is 6. The molecule has 0 bridgehead atoms. The van der Waals surface area contributed by atoms with Gasteiger partial charge in [-0.15, -0.1) is 11.3 Å². The summed E-state index contributed by atoms with van der Waals surface area (Å²) in [5.74, 6) is 0. The molecule has 0 fully saturated rings. The van der Waals surface area contributed by atoms with Crippen LogP contribution in [-0.2, 0) is 6.54 Å². The molecular weight excluding hydrogens is 805 g/mol. The van der Waals surface area contributed by atoms with Gasteiger partial charge in [-0.1, -0.05) is 146 Å². The topological polar surface area (TPSA) is 110 Å². The lowest BCUT2D eigenvalue weighted by atomic mass is 9.87. The number of hydrogen-bond acceptors (Lipinski definition) is 6. The maximum Gasteiger partial charge on any atom is 0.261 e. The number of rotatable bonds is 20. The first kappa shape index (κ1) is 44.0. The van der Waals surface area contributed by atoms with E-state index in [2.05, 4.69) is 43.3 Å². The minimum atomic E-state index is -0.279. The van der Waals surface area contributed by atoms with Crippen molar-refractivity contribution in [3.8, 4) is 51.6 Å². The second kappa shape index (κ2) is 20.7. The van der Waals surface area contributed by atoms with Crippen LogP contribution in [0, 0.1) is 34.0 Å². The van der Waals surface area contributed by atoms with Gasteiger partial charge in [0.2, 0.25) is 0 Å². The molecule has 0 atom stereocenters. The van der Waals surface area contributed by atoms with Crippen LogP contribution < -0.4 is 11.1 Å². The van der Waals surface area contributed by atoms with E-state index in [9.17, 15) is 25.4 Å². The Balaban J connectivity index is 1.16. The van der Waals surface area contributed by atoms with Crippen LogP contribution in [0.4, 0.5) is 0 Å². The third kappa shape index (κ3) is 9.36. The van der Waals surface area contributed by atoms with E-state index < -0.39 is 0 Å². The van der Waals surface area contributed by atoms with E-state index in [-0.39, 0.29) is 11.1 Å². The highest BCUT2D eigenvalue weighted by atomic mass is 32.1. The molecule has 0 aliphatic rings. The molecule has 320 valence electrons. The van der Waals surface area contributed by atoms with Crippen LogP contribution in [0.25, 0.3) is 75.1 Å². The van der Waals surface area contributed by atoms with Crippen molar-refractivity contribution in [2.24, 2.45) is 0 Å². The fraction of sp³-hybridized carbons (Fsp3) is 0.316. The van der Waals surface area contributed by atoms with Gasteiger partial charge in [0.15, 0.2) is 0 Å². The van der Waals surface area contributed by atoms with Gasteiger partial charge in [0, 0.05) is 53.8 Å². The van der Waals surface area contributed by atoms with Crippen molar-refractivity contribution in [3.63, 3.8) is 0 Å². The average molecular weight is 859 g/mol. The van der Waals surface area contributed by atoms with Crippen molar-refractivity contribution in [3.05, 3.63) is 141 Å². The monoisotopic (exact) mass is 858 g/mol. The van der Waals surface area contributed by atoms with Crippen LogP contribution in [0.15, 0.2) is 113 Å². The van der Waals surface area contributed by atoms with Crippen molar-refractivity contribution < 1.29 is 0 Å². The molecule has 2 aromatic heterocycles. The molecule has 7 heteroatoms. The number of pyridine rings is 1. The zero-order chi connectivity index (χ0) is 44.4. The Morgan fingerprint density at radius 3 is 1.34 bits per heavy atom. The highest BCUT2D eigenvalue weighted by Gasteiger charge is 2.24. The van der Waals surface area contributed by atoms with Crippen molar-refractivity contribution in [1.82, 2.24) is 4.57 Å². The van der Waals surface area contributed by atoms with Crippen LogP contribution >= 0.6 is 11.3 Å². The molecule has 64 heavy (non-hydrogen) atoms. The van der Waals surface area contributed by atoms with Crippen molar-refractivity contribution in [2.45, 2.75) is 116 Å². The summed E-state index contributed by atoms with van der Waals surface area (Å²) < 4.78 is 3.43. The van der Waals surface area contributed by atoms with Gasteiger partial charge in [-0.05, 0) is 94.9 Å². The summed E-state index contributed by atoms with van der Waals surface area (Å²) in [6.07, 6.45) is 20.0. The van der Waals surface area contributed by atoms with Gasteiger partial charge < -0.3 is 0 Å². The van der Waals surface area contributed by atoms with Gasteiger partial charge in [0.25, 0.3) is 11.1 Å². The molecule has 0 aliphatic carbocycles. The summed E-state index contributed by atoms with van der Waals surface area (Å²) >= 11 is 1.63. The Labute approximate surface area is 380 Å². The standard InChI is InChI=1S/C57H54N4O2S/c1-2-3-4-5-6-7-8-9-10-11-12-13-14-15-16-17-32-61-56(62)49-34-46(43-26-20-40(37-59)21-27-43)52-48-33-45(42-24-18-39(36-58)19-25-42)30-31-51(48)64-55-47(44-28-22-41(38-60)23-29-44)35-50(57(61)63)53(49)54(52)55/h18-31,33-35H,2-17,32H2,1H3. The molecule has 0 spiro atoms. The van der Waals surface area contributed by atoms with Gasteiger partial charge in [-0.25, -0.2) is 0 Å². The smallest absolute Gasteiger partial charge is 0.261 e. The summed E-state index contributed by atoms with van der Waals surface area (Å²) in [5.41, 5.74) is 6.51. The van der Waals surface area contributed by atoms with Gasteiger partial charge in [-0.2, -0.15) is 15.8 Å². The quantitative estimate of drug-likeness (QED) is 0.0430. The van der Waals surface area contributed by atoms with E-state index in [4.69, 9.17) is 0 Å². The van der Waals surface area contributed by atoms with Gasteiger partial charge in [0.05, 0.1) is 34.9 Å². The number of hydrogen-bond donors (Lipinski definition) is 0. The summed E-state index contributed by atoms with van der Waals surface area (Å²) in [6, 6.07) is 39.5. The Bertz CT molecular complexity index is 3130. The maximum absolute atomic E-state index is 14.8. The third-order valence-electron chi connectivity index (χ3n) is 13.0. The van der Waals surface area contributed by atoms with Gasteiger partial charge in [-0.3, -0.25) is 14.2 Å². The lowest BCUT2D eigenvalue weighted by Gasteiger charge is -2.20. The van der Waals surface area contributed by atoms with Crippen LogP contribution in [-0.4, -0.2) is 4.57 Å². The fourth-order valence-electron chi connectivity index (χ4n) is 9.47. The molecule has 0 radical (unpaired) electrons. The van der Waals surface area contributed by atoms with Crippen LogP contribution in [0.3, 0.4) is 0 Å². The Morgan fingerprint density at radius 1 is 0.438 bits per heavy atom. The Kier molecular flexibility index (Phi) is 14.3. The lowest BCUT2D eigenvalue weighted by Crippen LogP contribution is -2.33. The fourth-order valence-corrected chi connectivity index (χ4v) is 10.7. The van der Waals surface area contributed by atoms with Crippen LogP contribution in [0.2, 0.25) is 0 Å². The van der Waals surface area contributed by atoms with Crippen molar-refractivity contribution >= 4 is 53.1 Å². The molecule has 0 saturated carbocycles. The predicted octanol–water partition coefficient (Wildman–Crippen LogP) is 15.2. The van der Waals surface area contributed by atoms with Crippen LogP contribution in [0.1, 0.15) is 126 Å². The van der Waals surface area contributed by atoms with E-state index in [1.165, 1.54) is 88.0 Å². The molecule has 8 aromatic rings. The largest absolute Gasteiger partial charge is 0.274 e. The molecule has 0 aliphatic heterocycles. The van der Waals surface area contributed by atoms with Crippen molar-refractivity contribution in [2.75, 3.05) is 0 Å². The molecule has 0 amide bonds. The molecule has 6 nitrogen and oxygen atoms in total. The number of fused-ring (bicyclic) bond motifs is 2. The molecule has 6 aromatic carbocycles. The molecule has 8 rings (SSSR count). The summed E-state index contributed by atoms with van der Waals surface area (Å²) in [4.78, 5) is 29.6. The molecule has 0 N–H and O–H groups in total. The number of nitriles is 3. The normalized spacial score (nSPS) is 11.4. The summed E-state index contributed by atoms with van der Waals surface area (Å²) in [5, 5.41) is 33.3. The third-order valence-corrected chi connectivity index (χ3v) is 14.2. The highest BCUT2D eigenvalue weighted by Crippen LogP contribution is 2.48. The lowest BCUT2D eigenvalue weighted by molar-refractivity contribution is 0.517. The number of nitrogens with zero attached hydrogens (tertiary/aromatic N) is 4.